The van der Waals surface area contributed by atoms with Crippen LogP contribution in [0.4, 0.5) is 0 Å². The number of halogens is 2. The highest BCUT2D eigenvalue weighted by atomic mass is 79.9. The van der Waals surface area contributed by atoms with Crippen LogP contribution in [-0.4, -0.2) is 58.4 Å². The molecule has 12 heteroatoms. The van der Waals surface area contributed by atoms with E-state index >= 15 is 0 Å². The molecule has 1 saturated heterocycles. The van der Waals surface area contributed by atoms with Gasteiger partial charge in [-0.05, 0) is 87.6 Å². The van der Waals surface area contributed by atoms with Gasteiger partial charge in [-0.1, -0.05) is 36.4 Å². The number of carbonyl (C=O) groups excluding carboxylic acids is 2. The summed E-state index contributed by atoms with van der Waals surface area (Å²) in [5.74, 6) is 1.82. The van der Waals surface area contributed by atoms with Crippen LogP contribution >= 0.6 is 31.9 Å². The first-order chi connectivity index (χ1) is 23.3. The van der Waals surface area contributed by atoms with E-state index in [9.17, 15) is 9.59 Å². The normalized spacial score (nSPS) is 17.5. The van der Waals surface area contributed by atoms with Crippen molar-refractivity contribution in [2.24, 2.45) is 5.92 Å². The van der Waals surface area contributed by atoms with Crippen molar-refractivity contribution >= 4 is 43.6 Å². The van der Waals surface area contributed by atoms with Crippen molar-refractivity contribution < 1.29 is 19.1 Å². The third kappa shape index (κ3) is 7.76. The summed E-state index contributed by atoms with van der Waals surface area (Å²) in [6.07, 6.45) is 9.83. The minimum atomic E-state index is 0.135. The van der Waals surface area contributed by atoms with E-state index in [1.807, 2.05) is 24.3 Å². The molecule has 10 nitrogen and oxygen atoms in total. The summed E-state index contributed by atoms with van der Waals surface area (Å²) < 4.78 is 13.0. The molecule has 2 N–H and O–H groups in total. The van der Waals surface area contributed by atoms with Crippen molar-refractivity contribution in [1.82, 2.24) is 30.6 Å². The maximum Gasteiger partial charge on any atom is 0.237 e. The summed E-state index contributed by atoms with van der Waals surface area (Å²) in [6.45, 7) is 1.28. The Morgan fingerprint density at radius 2 is 1.44 bits per heavy atom. The number of aryl methyl sites for hydroxylation is 1. The van der Waals surface area contributed by atoms with E-state index < -0.39 is 0 Å². The zero-order valence-corrected chi connectivity index (χ0v) is 30.2. The Labute approximate surface area is 297 Å². The molecule has 3 heterocycles. The van der Waals surface area contributed by atoms with Gasteiger partial charge in [-0.2, -0.15) is 0 Å². The lowest BCUT2D eigenvalue weighted by molar-refractivity contribution is -0.119. The van der Waals surface area contributed by atoms with Crippen LogP contribution in [-0.2, 0) is 22.6 Å². The zero-order valence-electron chi connectivity index (χ0n) is 27.0. The van der Waals surface area contributed by atoms with Crippen molar-refractivity contribution in [2.45, 2.75) is 64.0 Å². The summed E-state index contributed by atoms with van der Waals surface area (Å²) >= 11 is 7.73. The largest absolute Gasteiger partial charge is 0.480 e. The number of hydrogen-bond acceptors (Lipinski definition) is 9. The predicted molar refractivity (Wildman–Crippen MR) is 191 cm³/mol. The quantitative estimate of drug-likeness (QED) is 0.150. The van der Waals surface area contributed by atoms with E-state index in [4.69, 9.17) is 29.4 Å². The number of carbonyl (C=O) groups is 2. The number of ketones is 1. The summed E-state index contributed by atoms with van der Waals surface area (Å²) in [5.41, 5.74) is 6.59. The van der Waals surface area contributed by atoms with Gasteiger partial charge in [-0.3, -0.25) is 19.6 Å². The SMILES string of the molecule is COc1nc(-c2cccc(-c3cccc(-c4cnc(CNC[C@@H]5CCC(=O)C5)c(OC)n4)c3Br)c2Br)cnc1CCC[C@@H]1CCC(=O)N1. The van der Waals surface area contributed by atoms with Crippen molar-refractivity contribution in [2.75, 3.05) is 20.8 Å². The molecule has 4 aromatic rings. The fourth-order valence-electron chi connectivity index (χ4n) is 6.42. The van der Waals surface area contributed by atoms with Gasteiger partial charge in [0.05, 0.1) is 38.0 Å². The molecule has 1 aliphatic heterocycles. The van der Waals surface area contributed by atoms with Crippen molar-refractivity contribution in [1.29, 1.82) is 0 Å². The number of amides is 1. The first-order valence-electron chi connectivity index (χ1n) is 16.2. The van der Waals surface area contributed by atoms with Gasteiger partial charge in [0.25, 0.3) is 0 Å². The Kier molecular flexibility index (Phi) is 11.1. The summed E-state index contributed by atoms with van der Waals surface area (Å²) in [7, 11) is 3.21. The second kappa shape index (κ2) is 15.7. The predicted octanol–water partition coefficient (Wildman–Crippen LogP) is 6.87. The van der Waals surface area contributed by atoms with Crippen LogP contribution in [0.25, 0.3) is 33.6 Å². The van der Waals surface area contributed by atoms with Crippen LogP contribution < -0.4 is 20.1 Å². The van der Waals surface area contributed by atoms with E-state index in [1.54, 1.807) is 26.6 Å². The molecule has 1 amide bonds. The number of aromatic nitrogens is 4. The smallest absolute Gasteiger partial charge is 0.237 e. The molecule has 2 fully saturated rings. The van der Waals surface area contributed by atoms with Crippen LogP contribution in [0.1, 0.15) is 56.3 Å². The molecule has 2 aromatic heterocycles. The van der Waals surface area contributed by atoms with Gasteiger partial charge in [-0.15, -0.1) is 0 Å². The van der Waals surface area contributed by atoms with E-state index in [1.165, 1.54) is 0 Å². The molecule has 0 bridgehead atoms. The van der Waals surface area contributed by atoms with Gasteiger partial charge in [0.2, 0.25) is 17.7 Å². The summed E-state index contributed by atoms with van der Waals surface area (Å²) in [5, 5.41) is 6.44. The molecule has 2 atom stereocenters. The highest BCUT2D eigenvalue weighted by molar-refractivity contribution is 9.11. The van der Waals surface area contributed by atoms with Crippen LogP contribution in [0.3, 0.4) is 0 Å². The third-order valence-electron chi connectivity index (χ3n) is 8.97. The van der Waals surface area contributed by atoms with Gasteiger partial charge in [0.1, 0.15) is 17.2 Å². The van der Waals surface area contributed by atoms with Gasteiger partial charge in [0.15, 0.2) is 0 Å². The van der Waals surface area contributed by atoms with E-state index in [0.29, 0.717) is 60.7 Å². The Bertz CT molecular complexity index is 1690. The average molecular weight is 779 g/mol. The lowest BCUT2D eigenvalue weighted by Crippen LogP contribution is -2.25. The number of Topliss-reactive ketones (excluding diaryl/α,β-unsaturated/α-hetero) is 1. The van der Waals surface area contributed by atoms with Crippen LogP contribution in [0.15, 0.2) is 57.7 Å². The second-order valence-corrected chi connectivity index (χ2v) is 13.8. The molecule has 250 valence electrons. The van der Waals surface area contributed by atoms with Crippen LogP contribution in [0.2, 0.25) is 0 Å². The Morgan fingerprint density at radius 3 is 2.00 bits per heavy atom. The molecular formula is C36H38Br2N6O4. The van der Waals surface area contributed by atoms with Crippen molar-refractivity contribution in [3.8, 4) is 45.4 Å². The topological polar surface area (TPSA) is 128 Å². The molecule has 0 unspecified atom stereocenters. The van der Waals surface area contributed by atoms with E-state index in [2.05, 4.69) is 54.6 Å². The van der Waals surface area contributed by atoms with Crippen molar-refractivity contribution in [3.63, 3.8) is 0 Å². The Balaban J connectivity index is 1.20. The highest BCUT2D eigenvalue weighted by Gasteiger charge is 2.23. The number of benzene rings is 2. The van der Waals surface area contributed by atoms with E-state index in [0.717, 1.165) is 81.2 Å². The minimum absolute atomic E-state index is 0.135. The van der Waals surface area contributed by atoms with Gasteiger partial charge < -0.3 is 20.1 Å². The van der Waals surface area contributed by atoms with Crippen LogP contribution in [0.5, 0.6) is 11.8 Å². The van der Waals surface area contributed by atoms with Crippen LogP contribution in [0, 0.1) is 5.92 Å². The number of nitrogens with zero attached hydrogens (tertiary/aromatic N) is 4. The van der Waals surface area contributed by atoms with Gasteiger partial charge >= 0.3 is 0 Å². The van der Waals surface area contributed by atoms with E-state index in [-0.39, 0.29) is 11.9 Å². The standard InChI is InChI=1S/C36H38Br2N6O4/c1-47-35-28(11-3-6-22-13-15-32(46)42-22)40-19-29(43-35)26-9-4-7-24(33(26)37)25-8-5-10-27(34(25)38)30-20-41-31(36(44-30)48-2)18-39-17-21-12-14-23(45)16-21/h4-5,7-10,19-22,39H,3,6,11-18H2,1-2H3,(H,42,46)/t21-,22-/m1/s1. The van der Waals surface area contributed by atoms with Crippen molar-refractivity contribution in [3.05, 3.63) is 69.1 Å². The maximum atomic E-state index is 11.6. The lowest BCUT2D eigenvalue weighted by atomic mass is 9.99. The molecule has 0 radical (unpaired) electrons. The molecule has 48 heavy (non-hydrogen) atoms. The molecule has 1 saturated carbocycles. The zero-order chi connectivity index (χ0) is 33.6. The summed E-state index contributed by atoms with van der Waals surface area (Å²) in [4.78, 5) is 42.2. The number of ether oxygens (including phenoxy) is 2. The highest BCUT2D eigenvalue weighted by Crippen LogP contribution is 2.42. The van der Waals surface area contributed by atoms with Gasteiger partial charge in [0, 0.05) is 51.9 Å². The van der Waals surface area contributed by atoms with Gasteiger partial charge in [-0.25, -0.2) is 9.97 Å². The third-order valence-corrected chi connectivity index (χ3v) is 10.7. The average Bonchev–Trinajstić information content (AvgIpc) is 3.72. The summed E-state index contributed by atoms with van der Waals surface area (Å²) in [6, 6.07) is 12.3. The molecular weight excluding hydrogens is 740 g/mol. The first-order valence-corrected chi connectivity index (χ1v) is 17.8. The maximum absolute atomic E-state index is 11.6. The first kappa shape index (κ1) is 34.1. The minimum Gasteiger partial charge on any atom is -0.480 e. The lowest BCUT2D eigenvalue weighted by Gasteiger charge is -2.16. The molecule has 0 spiro atoms. The second-order valence-electron chi connectivity index (χ2n) is 12.2. The molecule has 2 aliphatic rings. The molecule has 2 aromatic carbocycles. The number of hydrogen-bond donors (Lipinski definition) is 2. The number of methoxy groups -OCH3 is 2. The Morgan fingerprint density at radius 1 is 0.833 bits per heavy atom. The number of nitrogens with one attached hydrogen (secondary N) is 2. The molecule has 6 rings (SSSR count). The monoisotopic (exact) mass is 776 g/mol. The fourth-order valence-corrected chi connectivity index (χ4v) is 7.78. The fraction of sp³-hybridized carbons (Fsp3) is 0.389. The number of rotatable bonds is 13. The molecule has 1 aliphatic carbocycles. The Hall–Kier alpha value is -3.74.